The second-order valence-corrected chi connectivity index (χ2v) is 45.1. The summed E-state index contributed by atoms with van der Waals surface area (Å²) in [5.41, 5.74) is 13.2. The van der Waals surface area contributed by atoms with Crippen LogP contribution in [0.2, 0.25) is 26.2 Å². The summed E-state index contributed by atoms with van der Waals surface area (Å²) in [6.45, 7) is 61.8. The fourth-order valence-corrected chi connectivity index (χ4v) is 42.7. The van der Waals surface area contributed by atoms with Crippen molar-refractivity contribution in [3.63, 3.8) is 0 Å². The van der Waals surface area contributed by atoms with Gasteiger partial charge in [-0.1, -0.05) is 59.2 Å². The van der Waals surface area contributed by atoms with Crippen molar-refractivity contribution in [2.75, 3.05) is 3.86 Å². The van der Waals surface area contributed by atoms with E-state index in [4.69, 9.17) is 15.0 Å². The molecule has 2 aromatic carbocycles. The molecule has 13 heteroatoms. The molecular formula is C60H107ClGeLiN6P2Si2. The van der Waals surface area contributed by atoms with Gasteiger partial charge in [-0.25, -0.2) is 0 Å². The van der Waals surface area contributed by atoms with Crippen molar-refractivity contribution in [2.45, 2.75) is 262 Å². The molecule has 6 nitrogen and oxygen atoms in total. The molecule has 5 fully saturated rings. The SMILES string of the molecule is CC(C)c1cccc(C(C)C)c1N=C1C2CCC(C2)C1P1N(C(C)(C)C)[Si](C)(C)N1C(C)(C)C.Cc1cccc(C(C)C)c1[N]([GeH2-][Cl])C1=C([PH+]2N(C(C)(C)C)[Si](C)(C)N2C(C)(C)C)C2CCC1C2.[CH2-]CCC.[Li+]. The predicted octanol–water partition coefficient (Wildman–Crippen LogP) is 15.4. The number of benzene rings is 2. The molecule has 2 aliphatic heterocycles. The fourth-order valence-electron chi connectivity index (χ4n) is 15.0. The van der Waals surface area contributed by atoms with Crippen LogP contribution in [0.5, 0.6) is 0 Å². The summed E-state index contributed by atoms with van der Waals surface area (Å²) in [6.07, 6.45) is 10.5. The summed E-state index contributed by atoms with van der Waals surface area (Å²) < 4.78 is 14.8. The van der Waals surface area contributed by atoms with Crippen molar-refractivity contribution in [3.05, 3.63) is 76.6 Å². The van der Waals surface area contributed by atoms with Crippen LogP contribution in [0.4, 0.5) is 11.4 Å². The maximum Gasteiger partial charge on any atom is 1.00 e. The summed E-state index contributed by atoms with van der Waals surface area (Å²) in [4.78, 5) is 5.74. The number of para-hydroxylation sites is 2. The number of fused-ring (bicyclic) bond motifs is 4. The third-order valence-electron chi connectivity index (χ3n) is 16.7. The van der Waals surface area contributed by atoms with Gasteiger partial charge < -0.3 is 6.92 Å². The molecule has 8 rings (SSSR count). The Morgan fingerprint density at radius 2 is 1.15 bits per heavy atom. The van der Waals surface area contributed by atoms with Crippen molar-refractivity contribution in [1.82, 2.24) is 17.3 Å². The number of halogens is 1. The predicted molar refractivity (Wildman–Crippen MR) is 333 cm³/mol. The topological polar surface area (TPSA) is 28.6 Å². The number of allylic oxidation sites excluding steroid dienone is 2. The smallest absolute Gasteiger partial charge is 0.343 e. The molecule has 4 bridgehead atoms. The second-order valence-electron chi connectivity index (χ2n) is 28.5. The van der Waals surface area contributed by atoms with Crippen molar-refractivity contribution in [1.29, 1.82) is 0 Å². The normalized spacial score (nSPS) is 26.5. The second kappa shape index (κ2) is 23.7. The van der Waals surface area contributed by atoms with Crippen LogP contribution < -0.4 is 22.7 Å². The monoisotopic (exact) mass is 1150 g/mol. The molecule has 2 aromatic rings. The Morgan fingerprint density at radius 3 is 1.59 bits per heavy atom. The van der Waals surface area contributed by atoms with E-state index >= 15 is 0 Å². The minimum absolute atomic E-state index is 0. The zero-order valence-electron chi connectivity index (χ0n) is 51.7. The fraction of sp³-hybridized carbons (Fsp3) is 0.733. The third-order valence-corrected chi connectivity index (χ3v) is 42.0. The summed E-state index contributed by atoms with van der Waals surface area (Å²) in [5.74, 6) is 4.45. The van der Waals surface area contributed by atoms with Crippen LogP contribution in [-0.4, -0.2) is 82.4 Å². The van der Waals surface area contributed by atoms with Gasteiger partial charge in [-0.05, 0) is 109 Å². The molecule has 0 amide bonds. The Morgan fingerprint density at radius 1 is 0.699 bits per heavy atom. The first-order valence-electron chi connectivity index (χ1n) is 28.7. The Hall–Kier alpha value is 0.214. The van der Waals surface area contributed by atoms with E-state index in [1.165, 1.54) is 78.6 Å². The molecule has 2 heterocycles. The average Bonchev–Trinajstić information content (AvgIpc) is 4.04. The van der Waals surface area contributed by atoms with E-state index in [0.29, 0.717) is 35.2 Å². The minimum atomic E-state index is -1.69. The zero-order chi connectivity index (χ0) is 54.2. The Labute approximate surface area is 478 Å². The standard InChI is InChI=1S/C29H50N3PSi.C27H47ClGeN3PSi.C4H9.Li/c1-19(2)23-14-13-15-24(20(3)4)26(23)30-25-21-16-17-22(18-21)27(25)33-31(28(5,6)7)34(11,12)32(33)29(8,9)10;1-18(2)22-14-12-13-19(3)23(22)30(29-28)24-20-15-16-21(17-20)25(24)33-31(26(4,5)6)34(10,11)32(33)27(7,8)9;1-3-4-2;/h13-15,19-22,27H,16-18H2,1-12H3;12-14,18,20-21H,15-17,29H2,1-11H3;1,3-4H2,2H3;/q;2*-1;+1/p+1. The van der Waals surface area contributed by atoms with E-state index in [2.05, 4.69) is 229 Å². The van der Waals surface area contributed by atoms with Gasteiger partial charge in [0.25, 0.3) is 0 Å². The van der Waals surface area contributed by atoms with Gasteiger partial charge in [-0.2, -0.15) is 6.42 Å². The van der Waals surface area contributed by atoms with Crippen LogP contribution in [0.15, 0.2) is 52.4 Å². The van der Waals surface area contributed by atoms with Crippen LogP contribution in [-0.2, 0) is 0 Å². The van der Waals surface area contributed by atoms with E-state index in [-0.39, 0.29) is 41.0 Å². The van der Waals surface area contributed by atoms with Gasteiger partial charge in [0.15, 0.2) is 0 Å². The number of aryl methyl sites for hydroxylation is 1. The molecule has 6 aliphatic rings. The van der Waals surface area contributed by atoms with Gasteiger partial charge in [0.1, 0.15) is 0 Å². The van der Waals surface area contributed by atoms with Crippen LogP contribution in [0.3, 0.4) is 0 Å². The van der Waals surface area contributed by atoms with Crippen LogP contribution >= 0.6 is 26.5 Å². The summed E-state index contributed by atoms with van der Waals surface area (Å²) in [6, 6.07) is 13.8. The van der Waals surface area contributed by atoms with Crippen LogP contribution in [0.25, 0.3) is 0 Å². The molecule has 0 aromatic heterocycles. The first-order chi connectivity index (χ1) is 33.1. The number of hydrogen-bond donors (Lipinski definition) is 0. The van der Waals surface area contributed by atoms with Crippen molar-refractivity contribution in [3.8, 4) is 0 Å². The maximum absolute atomic E-state index is 7.08. The first kappa shape index (κ1) is 64.0. The number of anilines is 1. The summed E-state index contributed by atoms with van der Waals surface area (Å²) >= 11 is -1.45. The van der Waals surface area contributed by atoms with Crippen molar-refractivity contribution in [2.24, 2.45) is 28.7 Å². The first-order valence-corrected chi connectivity index (χ1v) is 42.4. The van der Waals surface area contributed by atoms with Gasteiger partial charge in [0, 0.05) is 30.7 Å². The summed E-state index contributed by atoms with van der Waals surface area (Å²) in [7, 11) is 2.35. The molecule has 407 valence electrons. The maximum atomic E-state index is 7.08. The minimum Gasteiger partial charge on any atom is -0.343 e. The van der Waals surface area contributed by atoms with E-state index in [0.717, 1.165) is 18.3 Å². The number of rotatable bonds is 10. The molecule has 2 saturated heterocycles. The van der Waals surface area contributed by atoms with E-state index in [1.54, 1.807) is 11.4 Å². The van der Waals surface area contributed by atoms with E-state index in [1.807, 2.05) is 5.31 Å². The van der Waals surface area contributed by atoms with Gasteiger partial charge in [-0.3, -0.25) is 13.7 Å². The Kier molecular flexibility index (Phi) is 20.8. The number of nitrogens with zero attached hydrogens (tertiary/aromatic N) is 6. The van der Waals surface area contributed by atoms with E-state index < -0.39 is 48.0 Å². The third kappa shape index (κ3) is 12.4. The molecule has 5 unspecified atom stereocenters. The molecule has 5 atom stereocenters. The number of hydrogen-bond acceptors (Lipinski definition) is 6. The van der Waals surface area contributed by atoms with Crippen LogP contribution in [0.1, 0.15) is 223 Å². The molecule has 0 radical (unpaired) electrons. The molecule has 0 spiro atoms. The zero-order valence-corrected chi connectivity index (χ0v) is 59.3. The van der Waals surface area contributed by atoms with E-state index in [9.17, 15) is 0 Å². The van der Waals surface area contributed by atoms with Gasteiger partial charge in [0.2, 0.25) is 8.40 Å². The number of aliphatic imine (C=N–C) groups is 1. The molecule has 4 aliphatic carbocycles. The number of unbranched alkanes of at least 4 members (excludes halogenated alkanes) is 1. The Balaban J connectivity index is 0.000000249. The van der Waals surface area contributed by atoms with Crippen molar-refractivity contribution < 1.29 is 18.9 Å². The average molecular weight is 1150 g/mol. The molecule has 73 heavy (non-hydrogen) atoms. The van der Waals surface area contributed by atoms with Gasteiger partial charge in [0.05, 0.1) is 5.69 Å². The van der Waals surface area contributed by atoms with Gasteiger partial charge >= 0.3 is 242 Å². The van der Waals surface area contributed by atoms with Crippen LogP contribution in [0, 0.1) is 37.5 Å². The van der Waals surface area contributed by atoms with Gasteiger partial charge in [-0.15, -0.1) is 0 Å². The molecule has 0 N–H and O–H groups in total. The summed E-state index contributed by atoms with van der Waals surface area (Å²) in [5, 5.41) is 1.84. The van der Waals surface area contributed by atoms with Crippen molar-refractivity contribution >= 4 is 75.1 Å². The quantitative estimate of drug-likeness (QED) is 0.134. The largest absolute Gasteiger partial charge is 1.00 e. The Bertz CT molecular complexity index is 2220. The molecular weight excluding hydrogens is 1040 g/mol. The molecule has 3 saturated carbocycles.